The normalized spacial score (nSPS) is 14.5. The van der Waals surface area contributed by atoms with E-state index in [1.165, 1.54) is 148 Å². The van der Waals surface area contributed by atoms with E-state index in [1.807, 2.05) is 0 Å². The summed E-state index contributed by atoms with van der Waals surface area (Å²) in [6.07, 6.45) is 124. The standard InChI is InChI=1S/C103H174O16P2/c1-4-7-10-13-16-19-22-25-28-31-34-37-40-42-44-46-47-48-49-51-53-54-57-59-62-65-68-71-74-77-80-83-86-89-101(106)113-92-98(104)93-115-120(109,110)116-94-99(105)95-117-121(111,112)118-97-100(119-103(108)91-88-85-82-79-76-73-70-67-64-61-56-39-36-33-30-27-24-21-18-15-12-9-6-3)96-114-102(107)90-87-84-81-78-75-72-69-66-63-60-58-55-52-50-45-43-41-38-35-32-29-26-23-20-17-14-11-8-5-2/h7-8,10-11,16-21,25-30,34-39,42-45,52,55,61,64,98-100,104-105H,4-6,9,12-15,22-24,31-33,40-41,46-51,53-54,56-60,62-63,65-97H2,1-3H3,(H,109,110)(H,111,112)/b10-7-,11-8-,19-16-,20-17-,21-18-,28-25-,29-26-,30-27-,37-34-,38-35-,39-36-,44-42-,45-43-,55-52-,64-61-. The van der Waals surface area contributed by atoms with Crippen LogP contribution in [0.15, 0.2) is 182 Å². The van der Waals surface area contributed by atoms with Crippen LogP contribution in [-0.2, 0) is 55.8 Å². The van der Waals surface area contributed by atoms with Crippen LogP contribution in [0.3, 0.4) is 0 Å². The third kappa shape index (κ3) is 95.2. The molecular weight excluding hydrogens is 1560 g/mol. The predicted molar refractivity (Wildman–Crippen MR) is 509 cm³/mol. The zero-order valence-corrected chi connectivity index (χ0v) is 78.2. The van der Waals surface area contributed by atoms with Crippen LogP contribution in [0.25, 0.3) is 0 Å². The lowest BCUT2D eigenvalue weighted by atomic mass is 10.0. The minimum atomic E-state index is -4.95. The molecule has 0 aromatic carbocycles. The Morgan fingerprint density at radius 1 is 0.240 bits per heavy atom. The fourth-order valence-corrected chi connectivity index (χ4v) is 14.5. The molecule has 0 radical (unpaired) electrons. The summed E-state index contributed by atoms with van der Waals surface area (Å²) in [5, 5.41) is 20.8. The van der Waals surface area contributed by atoms with Crippen molar-refractivity contribution in [1.29, 1.82) is 0 Å². The number of unbranched alkanes of at least 4 members (excludes halogenated alkanes) is 37. The summed E-state index contributed by atoms with van der Waals surface area (Å²) in [5.41, 5.74) is 0. The molecular formula is C103H174O16P2. The Morgan fingerprint density at radius 3 is 0.694 bits per heavy atom. The Morgan fingerprint density at radius 2 is 0.438 bits per heavy atom. The molecule has 0 aliphatic rings. The van der Waals surface area contributed by atoms with Crippen LogP contribution in [0.2, 0.25) is 0 Å². The highest BCUT2D eigenvalue weighted by atomic mass is 31.2. The molecule has 692 valence electrons. The van der Waals surface area contributed by atoms with Crippen LogP contribution in [-0.4, -0.2) is 95.9 Å². The van der Waals surface area contributed by atoms with Gasteiger partial charge < -0.3 is 34.2 Å². The SMILES string of the molecule is CC/C=C\C/C=C\C/C=C\C/C=C\C/C=C\C/C=C\CCCCCCCCCCCCC(=O)OCC(COP(=O)(O)OCC(O)COP(=O)(O)OCC(O)COC(=O)CCCCCCCCCCCCCCCCCCC/C=C\C/C=C\C/C=C\C/C=C\C/C=C\CC)OC(=O)CCCCCCCCC/C=C\C/C=C\C/C=C\C/C=C\CCCCC. The van der Waals surface area contributed by atoms with Gasteiger partial charge in [-0.25, -0.2) is 9.13 Å². The first-order chi connectivity index (χ1) is 59.2. The van der Waals surface area contributed by atoms with Crippen molar-refractivity contribution in [3.8, 4) is 0 Å². The van der Waals surface area contributed by atoms with Crippen molar-refractivity contribution in [1.82, 2.24) is 0 Å². The summed E-state index contributed by atoms with van der Waals surface area (Å²) < 4.78 is 61.6. The summed E-state index contributed by atoms with van der Waals surface area (Å²) in [6, 6.07) is 0. The fourth-order valence-electron chi connectivity index (χ4n) is 12.9. The van der Waals surface area contributed by atoms with Crippen molar-refractivity contribution >= 4 is 33.6 Å². The van der Waals surface area contributed by atoms with E-state index >= 15 is 0 Å². The van der Waals surface area contributed by atoms with E-state index < -0.39 is 91.5 Å². The number of carbonyl (C=O) groups is 3. The number of rotatable bonds is 90. The molecule has 0 spiro atoms. The number of aliphatic hydroxyl groups excluding tert-OH is 2. The first kappa shape index (κ1) is 116. The van der Waals surface area contributed by atoms with E-state index in [2.05, 4.69) is 203 Å². The molecule has 0 fully saturated rings. The molecule has 0 amide bonds. The molecule has 18 heteroatoms. The van der Waals surface area contributed by atoms with Crippen LogP contribution < -0.4 is 0 Å². The minimum Gasteiger partial charge on any atom is -0.463 e. The second-order valence-electron chi connectivity index (χ2n) is 31.8. The van der Waals surface area contributed by atoms with Gasteiger partial charge in [0.05, 0.1) is 26.4 Å². The minimum absolute atomic E-state index is 0.0865. The van der Waals surface area contributed by atoms with Crippen LogP contribution in [0, 0.1) is 0 Å². The van der Waals surface area contributed by atoms with Crippen molar-refractivity contribution < 1.29 is 75.8 Å². The van der Waals surface area contributed by atoms with Crippen molar-refractivity contribution in [2.45, 2.75) is 411 Å². The first-order valence-electron chi connectivity index (χ1n) is 48.1. The highest BCUT2D eigenvalue weighted by molar-refractivity contribution is 7.47. The van der Waals surface area contributed by atoms with Gasteiger partial charge in [0, 0.05) is 19.3 Å². The van der Waals surface area contributed by atoms with E-state index in [-0.39, 0.29) is 19.3 Å². The lowest BCUT2D eigenvalue weighted by Gasteiger charge is -2.21. The van der Waals surface area contributed by atoms with Gasteiger partial charge in [0.1, 0.15) is 25.4 Å². The Labute approximate surface area is 738 Å². The van der Waals surface area contributed by atoms with Crippen molar-refractivity contribution in [2.24, 2.45) is 0 Å². The second-order valence-corrected chi connectivity index (χ2v) is 34.7. The molecule has 0 bridgehead atoms. The van der Waals surface area contributed by atoms with Crippen LogP contribution in [0.1, 0.15) is 393 Å². The molecule has 0 aromatic heterocycles. The topological polar surface area (TPSA) is 231 Å². The molecule has 0 saturated heterocycles. The Balaban J connectivity index is 4.60. The molecule has 5 unspecified atom stereocenters. The summed E-state index contributed by atoms with van der Waals surface area (Å²) in [7, 11) is -9.82. The van der Waals surface area contributed by atoms with Crippen molar-refractivity contribution in [3.05, 3.63) is 182 Å². The van der Waals surface area contributed by atoms with E-state index in [0.717, 1.165) is 186 Å². The summed E-state index contributed by atoms with van der Waals surface area (Å²) >= 11 is 0. The largest absolute Gasteiger partial charge is 0.472 e. The maximum Gasteiger partial charge on any atom is 0.472 e. The average molecular weight is 1730 g/mol. The lowest BCUT2D eigenvalue weighted by Crippen LogP contribution is -2.30. The molecule has 0 heterocycles. The van der Waals surface area contributed by atoms with Crippen molar-refractivity contribution in [3.63, 3.8) is 0 Å². The third-order valence-corrected chi connectivity index (χ3v) is 22.0. The van der Waals surface area contributed by atoms with Crippen LogP contribution in [0.4, 0.5) is 0 Å². The Hall–Kier alpha value is -5.35. The zero-order valence-electron chi connectivity index (χ0n) is 76.4. The number of esters is 3. The highest BCUT2D eigenvalue weighted by Crippen LogP contribution is 2.45. The van der Waals surface area contributed by atoms with Gasteiger partial charge in [0.15, 0.2) is 6.10 Å². The molecule has 121 heavy (non-hydrogen) atoms. The number of phosphoric acid groups is 2. The number of ether oxygens (including phenoxy) is 3. The van der Waals surface area contributed by atoms with E-state index in [1.54, 1.807) is 0 Å². The number of phosphoric ester groups is 2. The molecule has 0 aliphatic heterocycles. The number of carbonyl (C=O) groups excluding carboxylic acids is 3. The van der Waals surface area contributed by atoms with Gasteiger partial charge >= 0.3 is 33.6 Å². The number of allylic oxidation sites excluding steroid dienone is 30. The maximum absolute atomic E-state index is 13.1. The van der Waals surface area contributed by atoms with E-state index in [0.29, 0.717) is 19.3 Å². The summed E-state index contributed by atoms with van der Waals surface area (Å²) in [5.74, 6) is -1.59. The van der Waals surface area contributed by atoms with Gasteiger partial charge in [-0.15, -0.1) is 0 Å². The van der Waals surface area contributed by atoms with Gasteiger partial charge in [-0.2, -0.15) is 0 Å². The van der Waals surface area contributed by atoms with Crippen LogP contribution in [0.5, 0.6) is 0 Å². The van der Waals surface area contributed by atoms with E-state index in [4.69, 9.17) is 32.3 Å². The second kappa shape index (κ2) is 93.8. The quantitative estimate of drug-likeness (QED) is 0.0146. The maximum atomic E-state index is 13.1. The van der Waals surface area contributed by atoms with Gasteiger partial charge in [0.2, 0.25) is 0 Å². The number of hydrogen-bond acceptors (Lipinski definition) is 14. The molecule has 0 rings (SSSR count). The van der Waals surface area contributed by atoms with Gasteiger partial charge in [-0.05, 0) is 161 Å². The molecule has 4 N–H and O–H groups in total. The fraction of sp³-hybridized carbons (Fsp3) is 0.680. The lowest BCUT2D eigenvalue weighted by molar-refractivity contribution is -0.161. The molecule has 0 aromatic rings. The van der Waals surface area contributed by atoms with Gasteiger partial charge in [-0.3, -0.25) is 32.5 Å². The summed E-state index contributed by atoms with van der Waals surface area (Å²) in [4.78, 5) is 59.1. The Kier molecular flexibility index (Phi) is 89.6. The van der Waals surface area contributed by atoms with Crippen LogP contribution >= 0.6 is 15.6 Å². The molecule has 0 saturated carbocycles. The number of aliphatic hydroxyl groups is 2. The van der Waals surface area contributed by atoms with Gasteiger partial charge in [0.25, 0.3) is 0 Å². The van der Waals surface area contributed by atoms with E-state index in [9.17, 15) is 43.5 Å². The van der Waals surface area contributed by atoms with Gasteiger partial charge in [-0.1, -0.05) is 396 Å². The average Bonchev–Trinajstić information content (AvgIpc) is 0.899. The smallest absolute Gasteiger partial charge is 0.463 e. The monoisotopic (exact) mass is 1730 g/mol. The Bertz CT molecular complexity index is 2930. The first-order valence-corrected chi connectivity index (χ1v) is 51.1. The molecule has 0 aliphatic carbocycles. The third-order valence-electron chi connectivity index (χ3n) is 20.1. The molecule has 5 atom stereocenters. The highest BCUT2D eigenvalue weighted by Gasteiger charge is 2.30. The zero-order chi connectivity index (χ0) is 87.9. The predicted octanol–water partition coefficient (Wildman–Crippen LogP) is 30.0. The van der Waals surface area contributed by atoms with Crippen molar-refractivity contribution in [2.75, 3.05) is 39.6 Å². The number of hydrogen-bond donors (Lipinski definition) is 4. The molecule has 16 nitrogen and oxygen atoms in total. The summed E-state index contributed by atoms with van der Waals surface area (Å²) in [6.45, 7) is 2.46.